The van der Waals surface area contributed by atoms with E-state index in [0.717, 1.165) is 31.5 Å². The van der Waals surface area contributed by atoms with E-state index in [1.807, 2.05) is 11.0 Å². The average Bonchev–Trinajstić information content (AvgIpc) is 3.24. The van der Waals surface area contributed by atoms with Crippen molar-refractivity contribution in [1.82, 2.24) is 9.47 Å². The molecule has 33 heavy (non-hydrogen) atoms. The van der Waals surface area contributed by atoms with Crippen LogP contribution in [0.15, 0.2) is 60.8 Å². The molecule has 3 rings (SSSR count). The van der Waals surface area contributed by atoms with Crippen molar-refractivity contribution in [3.05, 3.63) is 77.6 Å². The number of nitrogens with one attached hydrogen (secondary N) is 1. The fraction of sp³-hybridized carbons (Fsp3) is 0.370. The van der Waals surface area contributed by atoms with Gasteiger partial charge in [0.25, 0.3) is 0 Å². The summed E-state index contributed by atoms with van der Waals surface area (Å²) in [5, 5.41) is 3.03. The highest BCUT2D eigenvalue weighted by molar-refractivity contribution is 5.89. The molecule has 0 atom stereocenters. The standard InChI is InChI=1S/C27H35N3O3/c1-5-6-7-13-30(27(31)28-23-16-25(32-3)18-26(17-23)33-4)20-24-12-9-14-29(24)19-22-11-8-10-21(2)15-22/h8-12,14-18H,5-7,13,19-20H2,1-4H3,(H,28,31). The zero-order chi connectivity index (χ0) is 23.6. The minimum atomic E-state index is -0.135. The maximum atomic E-state index is 13.3. The third-order valence-corrected chi connectivity index (χ3v) is 5.63. The molecule has 0 bridgehead atoms. The maximum Gasteiger partial charge on any atom is 0.322 e. The summed E-state index contributed by atoms with van der Waals surface area (Å²) in [4.78, 5) is 15.1. The molecular weight excluding hydrogens is 414 g/mol. The number of carbonyl (C=O) groups is 1. The Hall–Kier alpha value is -3.41. The second kappa shape index (κ2) is 12.0. The molecule has 0 unspecified atom stereocenters. The normalized spacial score (nSPS) is 10.7. The number of amides is 2. The van der Waals surface area contributed by atoms with Crippen LogP contribution in [0.3, 0.4) is 0 Å². The molecule has 0 aliphatic rings. The van der Waals surface area contributed by atoms with Crippen molar-refractivity contribution in [2.45, 2.75) is 46.2 Å². The summed E-state index contributed by atoms with van der Waals surface area (Å²) >= 11 is 0. The molecule has 0 aliphatic carbocycles. The molecule has 2 amide bonds. The lowest BCUT2D eigenvalue weighted by Gasteiger charge is -2.24. The van der Waals surface area contributed by atoms with Crippen molar-refractivity contribution in [3.63, 3.8) is 0 Å². The highest BCUT2D eigenvalue weighted by Crippen LogP contribution is 2.26. The number of aromatic nitrogens is 1. The summed E-state index contributed by atoms with van der Waals surface area (Å²) in [7, 11) is 3.19. The molecule has 0 spiro atoms. The number of ether oxygens (including phenoxy) is 2. The quantitative estimate of drug-likeness (QED) is 0.361. The number of hydrogen-bond donors (Lipinski definition) is 1. The Kier molecular flexibility index (Phi) is 8.81. The summed E-state index contributed by atoms with van der Waals surface area (Å²) in [6, 6.07) is 17.9. The SMILES string of the molecule is CCCCCN(Cc1cccn1Cc1cccc(C)c1)C(=O)Nc1cc(OC)cc(OC)c1. The van der Waals surface area contributed by atoms with E-state index >= 15 is 0 Å². The Balaban J connectivity index is 1.76. The number of unbranched alkanes of at least 4 members (excludes halogenated alkanes) is 2. The minimum Gasteiger partial charge on any atom is -0.497 e. The number of anilines is 1. The molecule has 6 heteroatoms. The van der Waals surface area contributed by atoms with E-state index in [9.17, 15) is 4.79 Å². The second-order valence-corrected chi connectivity index (χ2v) is 8.28. The van der Waals surface area contributed by atoms with Crippen LogP contribution < -0.4 is 14.8 Å². The molecule has 0 radical (unpaired) electrons. The molecule has 176 valence electrons. The summed E-state index contributed by atoms with van der Waals surface area (Å²) in [5.74, 6) is 1.27. The van der Waals surface area contributed by atoms with Gasteiger partial charge in [0.2, 0.25) is 0 Å². The zero-order valence-electron chi connectivity index (χ0n) is 20.1. The predicted octanol–water partition coefficient (Wildman–Crippen LogP) is 6.09. The highest BCUT2D eigenvalue weighted by Gasteiger charge is 2.17. The van der Waals surface area contributed by atoms with Crippen LogP contribution in [0.1, 0.15) is 43.0 Å². The summed E-state index contributed by atoms with van der Waals surface area (Å²) in [6.07, 6.45) is 5.23. The first-order valence-corrected chi connectivity index (χ1v) is 11.5. The van der Waals surface area contributed by atoms with Gasteiger partial charge in [-0.15, -0.1) is 0 Å². The molecular formula is C27H35N3O3. The van der Waals surface area contributed by atoms with Crippen molar-refractivity contribution >= 4 is 11.7 Å². The third-order valence-electron chi connectivity index (χ3n) is 5.63. The average molecular weight is 450 g/mol. The fourth-order valence-electron chi connectivity index (χ4n) is 3.84. The van der Waals surface area contributed by atoms with Gasteiger partial charge in [0.15, 0.2) is 0 Å². The molecule has 6 nitrogen and oxygen atoms in total. The van der Waals surface area contributed by atoms with Gasteiger partial charge in [0, 0.05) is 48.9 Å². The van der Waals surface area contributed by atoms with Crippen LogP contribution in [0.5, 0.6) is 11.5 Å². The summed E-state index contributed by atoms with van der Waals surface area (Å²) in [6.45, 7) is 6.28. The molecule has 0 fully saturated rings. The van der Waals surface area contributed by atoms with Crippen molar-refractivity contribution in [2.24, 2.45) is 0 Å². The predicted molar refractivity (Wildman–Crippen MR) is 133 cm³/mol. The Labute approximate surface area is 197 Å². The Bertz CT molecular complexity index is 1020. The fourth-order valence-corrected chi connectivity index (χ4v) is 3.84. The van der Waals surface area contributed by atoms with Crippen LogP contribution in [-0.2, 0) is 13.1 Å². The van der Waals surface area contributed by atoms with Crippen molar-refractivity contribution in [3.8, 4) is 11.5 Å². The lowest BCUT2D eigenvalue weighted by Crippen LogP contribution is -2.36. The highest BCUT2D eigenvalue weighted by atomic mass is 16.5. The van der Waals surface area contributed by atoms with E-state index in [0.29, 0.717) is 30.3 Å². The van der Waals surface area contributed by atoms with Gasteiger partial charge in [-0.2, -0.15) is 0 Å². The lowest BCUT2D eigenvalue weighted by atomic mass is 10.1. The van der Waals surface area contributed by atoms with Crippen LogP contribution in [-0.4, -0.2) is 36.3 Å². The number of hydrogen-bond acceptors (Lipinski definition) is 3. The first-order valence-electron chi connectivity index (χ1n) is 11.5. The van der Waals surface area contributed by atoms with Crippen LogP contribution in [0.25, 0.3) is 0 Å². The number of methoxy groups -OCH3 is 2. The molecule has 1 heterocycles. The van der Waals surface area contributed by atoms with E-state index < -0.39 is 0 Å². The van der Waals surface area contributed by atoms with Crippen LogP contribution in [0, 0.1) is 6.92 Å². The van der Waals surface area contributed by atoms with Gasteiger partial charge in [-0.1, -0.05) is 49.6 Å². The number of nitrogens with zero attached hydrogens (tertiary/aromatic N) is 2. The van der Waals surface area contributed by atoms with Crippen molar-refractivity contribution < 1.29 is 14.3 Å². The van der Waals surface area contributed by atoms with Gasteiger partial charge in [-0.25, -0.2) is 4.79 Å². The molecule has 0 saturated carbocycles. The Morgan fingerprint density at radius 1 is 1.00 bits per heavy atom. The van der Waals surface area contributed by atoms with Crippen molar-refractivity contribution in [2.75, 3.05) is 26.1 Å². The van der Waals surface area contributed by atoms with Gasteiger partial charge >= 0.3 is 6.03 Å². The van der Waals surface area contributed by atoms with Gasteiger partial charge in [0.1, 0.15) is 11.5 Å². The smallest absolute Gasteiger partial charge is 0.322 e. The summed E-state index contributed by atoms with van der Waals surface area (Å²) < 4.78 is 12.9. The maximum absolute atomic E-state index is 13.3. The van der Waals surface area contributed by atoms with Gasteiger partial charge < -0.3 is 24.3 Å². The van der Waals surface area contributed by atoms with E-state index in [1.165, 1.54) is 11.1 Å². The number of carbonyl (C=O) groups excluding carboxylic acids is 1. The number of aryl methyl sites for hydroxylation is 1. The molecule has 1 N–H and O–H groups in total. The molecule has 0 aliphatic heterocycles. The van der Waals surface area contributed by atoms with Crippen LogP contribution >= 0.6 is 0 Å². The Morgan fingerprint density at radius 3 is 2.42 bits per heavy atom. The Morgan fingerprint density at radius 2 is 1.76 bits per heavy atom. The van der Waals surface area contributed by atoms with Crippen molar-refractivity contribution in [1.29, 1.82) is 0 Å². The summed E-state index contributed by atoms with van der Waals surface area (Å²) in [5.41, 5.74) is 4.24. The van der Waals surface area contributed by atoms with Gasteiger partial charge in [0.05, 0.1) is 20.8 Å². The first kappa shape index (κ1) is 24.2. The first-order chi connectivity index (χ1) is 16.0. The van der Waals surface area contributed by atoms with E-state index in [-0.39, 0.29) is 6.03 Å². The van der Waals surface area contributed by atoms with E-state index in [2.05, 4.69) is 60.3 Å². The van der Waals surface area contributed by atoms with Gasteiger partial charge in [-0.05, 0) is 31.0 Å². The van der Waals surface area contributed by atoms with E-state index in [1.54, 1.807) is 32.4 Å². The number of benzene rings is 2. The largest absolute Gasteiger partial charge is 0.497 e. The molecule has 3 aromatic rings. The van der Waals surface area contributed by atoms with Crippen LogP contribution in [0.2, 0.25) is 0 Å². The van der Waals surface area contributed by atoms with Gasteiger partial charge in [-0.3, -0.25) is 0 Å². The monoisotopic (exact) mass is 449 g/mol. The third kappa shape index (κ3) is 7.04. The number of urea groups is 1. The second-order valence-electron chi connectivity index (χ2n) is 8.28. The zero-order valence-corrected chi connectivity index (χ0v) is 20.1. The number of rotatable bonds is 11. The molecule has 1 aromatic heterocycles. The topological polar surface area (TPSA) is 55.7 Å². The van der Waals surface area contributed by atoms with Crippen LogP contribution in [0.4, 0.5) is 10.5 Å². The van der Waals surface area contributed by atoms with E-state index in [4.69, 9.17) is 9.47 Å². The molecule has 0 saturated heterocycles. The molecule has 2 aromatic carbocycles. The lowest BCUT2D eigenvalue weighted by molar-refractivity contribution is 0.206. The minimum absolute atomic E-state index is 0.135.